The zero-order valence-corrected chi connectivity index (χ0v) is 9.41. The Balaban J connectivity index is 2.80. The van der Waals surface area contributed by atoms with E-state index in [1.165, 1.54) is 18.9 Å². The van der Waals surface area contributed by atoms with Crippen LogP contribution in [0.5, 0.6) is 0 Å². The average molecular weight is 224 g/mol. The Morgan fingerprint density at radius 1 is 1.47 bits per heavy atom. The molecule has 0 radical (unpaired) electrons. The van der Waals surface area contributed by atoms with Crippen molar-refractivity contribution in [2.45, 2.75) is 17.1 Å². The first kappa shape index (κ1) is 11.8. The Hall–Kier alpha value is -1.29. The molecule has 0 aliphatic carbocycles. The summed E-state index contributed by atoms with van der Waals surface area (Å²) in [5.41, 5.74) is 0.596. The molecule has 3 nitrogen and oxygen atoms in total. The number of aldehydes is 1. The van der Waals surface area contributed by atoms with E-state index in [0.717, 1.165) is 11.2 Å². The van der Waals surface area contributed by atoms with Crippen LogP contribution in [0.25, 0.3) is 0 Å². The van der Waals surface area contributed by atoms with Gasteiger partial charge < -0.3 is 4.74 Å². The van der Waals surface area contributed by atoms with Gasteiger partial charge in [0, 0.05) is 10.5 Å². The van der Waals surface area contributed by atoms with E-state index in [0.29, 0.717) is 5.56 Å². The average Bonchev–Trinajstić information content (AvgIpc) is 2.28. The van der Waals surface area contributed by atoms with Crippen LogP contribution < -0.4 is 0 Å². The highest BCUT2D eigenvalue weighted by atomic mass is 32.2. The maximum absolute atomic E-state index is 11.2. The zero-order valence-electron chi connectivity index (χ0n) is 8.60. The van der Waals surface area contributed by atoms with Crippen molar-refractivity contribution in [2.75, 3.05) is 7.11 Å². The van der Waals surface area contributed by atoms with Gasteiger partial charge in [0.05, 0.1) is 7.11 Å². The number of carbonyl (C=O) groups is 2. The number of thioether (sulfide) groups is 1. The topological polar surface area (TPSA) is 43.4 Å². The van der Waals surface area contributed by atoms with Crippen LogP contribution in [0.2, 0.25) is 0 Å². The quantitative estimate of drug-likeness (QED) is 0.446. The van der Waals surface area contributed by atoms with Gasteiger partial charge in [-0.2, -0.15) is 0 Å². The van der Waals surface area contributed by atoms with Crippen molar-refractivity contribution in [3.05, 3.63) is 29.8 Å². The molecule has 0 fully saturated rings. The fourth-order valence-corrected chi connectivity index (χ4v) is 2.07. The lowest BCUT2D eigenvalue weighted by atomic mass is 10.2. The maximum Gasteiger partial charge on any atom is 0.318 e. The first-order valence-corrected chi connectivity index (χ1v) is 5.35. The van der Waals surface area contributed by atoms with Gasteiger partial charge >= 0.3 is 5.97 Å². The summed E-state index contributed by atoms with van der Waals surface area (Å²) >= 11 is 1.32. The first-order valence-electron chi connectivity index (χ1n) is 4.47. The van der Waals surface area contributed by atoms with E-state index in [1.54, 1.807) is 19.1 Å². The van der Waals surface area contributed by atoms with Crippen LogP contribution in [-0.4, -0.2) is 24.6 Å². The van der Waals surface area contributed by atoms with Crippen molar-refractivity contribution >= 4 is 24.0 Å². The second-order valence-electron chi connectivity index (χ2n) is 2.94. The van der Waals surface area contributed by atoms with E-state index in [9.17, 15) is 9.59 Å². The number of carbonyl (C=O) groups excluding carboxylic acids is 2. The molecule has 4 heteroatoms. The Bertz CT molecular complexity index is 363. The van der Waals surface area contributed by atoms with E-state index < -0.39 is 0 Å². The van der Waals surface area contributed by atoms with Crippen molar-refractivity contribution in [3.8, 4) is 0 Å². The van der Waals surface area contributed by atoms with Gasteiger partial charge in [-0.15, -0.1) is 11.8 Å². The molecular formula is C11H12O3S. The van der Waals surface area contributed by atoms with Crippen molar-refractivity contribution in [1.82, 2.24) is 0 Å². The largest absolute Gasteiger partial charge is 0.468 e. The number of hydrogen-bond acceptors (Lipinski definition) is 4. The van der Waals surface area contributed by atoms with Crippen molar-refractivity contribution in [3.63, 3.8) is 0 Å². The predicted molar refractivity (Wildman–Crippen MR) is 59.2 cm³/mol. The molecule has 1 atom stereocenters. The highest BCUT2D eigenvalue weighted by Gasteiger charge is 2.15. The number of esters is 1. The lowest BCUT2D eigenvalue weighted by molar-refractivity contribution is -0.139. The maximum atomic E-state index is 11.2. The van der Waals surface area contributed by atoms with Crippen LogP contribution in [0.15, 0.2) is 29.2 Å². The van der Waals surface area contributed by atoms with Gasteiger partial charge in [0.1, 0.15) is 5.25 Å². The molecule has 80 valence electrons. The third-order valence-corrected chi connectivity index (χ3v) is 3.05. The zero-order chi connectivity index (χ0) is 11.3. The highest BCUT2D eigenvalue weighted by Crippen LogP contribution is 2.26. The minimum Gasteiger partial charge on any atom is -0.468 e. The molecule has 0 spiro atoms. The normalized spacial score (nSPS) is 11.9. The molecule has 1 aromatic carbocycles. The summed E-state index contributed by atoms with van der Waals surface area (Å²) in [6.45, 7) is 1.75. The minimum absolute atomic E-state index is 0.291. The molecule has 0 saturated heterocycles. The van der Waals surface area contributed by atoms with E-state index in [-0.39, 0.29) is 11.2 Å². The molecule has 15 heavy (non-hydrogen) atoms. The van der Waals surface area contributed by atoms with Crippen molar-refractivity contribution in [1.29, 1.82) is 0 Å². The molecule has 0 amide bonds. The van der Waals surface area contributed by atoms with Gasteiger partial charge in [-0.25, -0.2) is 0 Å². The van der Waals surface area contributed by atoms with Gasteiger partial charge in [0.2, 0.25) is 0 Å². The molecular weight excluding hydrogens is 212 g/mol. The van der Waals surface area contributed by atoms with Gasteiger partial charge in [-0.05, 0) is 13.0 Å². The van der Waals surface area contributed by atoms with Crippen LogP contribution >= 0.6 is 11.8 Å². The monoisotopic (exact) mass is 224 g/mol. The number of benzene rings is 1. The molecule has 1 unspecified atom stereocenters. The second-order valence-corrected chi connectivity index (χ2v) is 4.32. The smallest absolute Gasteiger partial charge is 0.318 e. The van der Waals surface area contributed by atoms with Crippen LogP contribution in [0.4, 0.5) is 0 Å². The number of methoxy groups -OCH3 is 1. The standard InChI is InChI=1S/C11H12O3S/c1-8(11(13)14-2)15-10-6-4-3-5-9(10)7-12/h3-8H,1-2H3. The minimum atomic E-state index is -0.309. The van der Waals surface area contributed by atoms with Gasteiger partial charge in [-0.3, -0.25) is 9.59 Å². The second kappa shape index (κ2) is 5.56. The molecule has 0 aliphatic rings. The number of hydrogen-bond donors (Lipinski definition) is 0. The fraction of sp³-hybridized carbons (Fsp3) is 0.273. The number of ether oxygens (including phenoxy) is 1. The van der Waals surface area contributed by atoms with Gasteiger partial charge in [0.25, 0.3) is 0 Å². The molecule has 0 aliphatic heterocycles. The first-order chi connectivity index (χ1) is 7.19. The molecule has 0 aromatic heterocycles. The molecule has 1 rings (SSSR count). The summed E-state index contributed by atoms with van der Waals surface area (Å²) in [7, 11) is 1.35. The van der Waals surface area contributed by atoms with Gasteiger partial charge in [-0.1, -0.05) is 18.2 Å². The molecule has 0 N–H and O–H groups in total. The van der Waals surface area contributed by atoms with E-state index in [1.807, 2.05) is 12.1 Å². The van der Waals surface area contributed by atoms with Crippen LogP contribution in [0.1, 0.15) is 17.3 Å². The summed E-state index contributed by atoms with van der Waals surface area (Å²) in [6, 6.07) is 7.16. The highest BCUT2D eigenvalue weighted by molar-refractivity contribution is 8.00. The third kappa shape index (κ3) is 3.09. The Morgan fingerprint density at radius 2 is 2.13 bits per heavy atom. The Morgan fingerprint density at radius 3 is 2.73 bits per heavy atom. The molecule has 1 aromatic rings. The van der Waals surface area contributed by atoms with Crippen LogP contribution in [0, 0.1) is 0 Å². The van der Waals surface area contributed by atoms with Crippen LogP contribution in [-0.2, 0) is 9.53 Å². The molecule has 0 saturated carbocycles. The summed E-state index contributed by atoms with van der Waals surface area (Å²) in [5, 5.41) is -0.309. The van der Waals surface area contributed by atoms with E-state index >= 15 is 0 Å². The van der Waals surface area contributed by atoms with Crippen molar-refractivity contribution in [2.24, 2.45) is 0 Å². The number of rotatable bonds is 4. The SMILES string of the molecule is COC(=O)C(C)Sc1ccccc1C=O. The third-order valence-electron chi connectivity index (χ3n) is 1.88. The van der Waals surface area contributed by atoms with E-state index in [2.05, 4.69) is 4.74 Å². The lowest BCUT2D eigenvalue weighted by Gasteiger charge is -2.09. The Kier molecular flexibility index (Phi) is 4.37. The molecule has 0 bridgehead atoms. The summed E-state index contributed by atoms with van der Waals surface area (Å²) in [4.78, 5) is 22.7. The summed E-state index contributed by atoms with van der Waals surface area (Å²) in [6.07, 6.45) is 0.784. The summed E-state index contributed by atoms with van der Waals surface area (Å²) < 4.78 is 4.61. The Labute approximate surface area is 92.8 Å². The predicted octanol–water partition coefficient (Wildman–Crippen LogP) is 2.15. The van der Waals surface area contributed by atoms with Crippen molar-refractivity contribution < 1.29 is 14.3 Å². The van der Waals surface area contributed by atoms with Crippen LogP contribution in [0.3, 0.4) is 0 Å². The fourth-order valence-electron chi connectivity index (χ4n) is 1.09. The van der Waals surface area contributed by atoms with E-state index in [4.69, 9.17) is 0 Å². The lowest BCUT2D eigenvalue weighted by Crippen LogP contribution is -2.14. The summed E-state index contributed by atoms with van der Waals surface area (Å²) in [5.74, 6) is -0.291. The van der Waals surface area contributed by atoms with Gasteiger partial charge in [0.15, 0.2) is 6.29 Å². The molecule has 0 heterocycles.